The van der Waals surface area contributed by atoms with E-state index >= 15 is 0 Å². The Morgan fingerprint density at radius 2 is 1.44 bits per heavy atom. The fourth-order valence-electron chi connectivity index (χ4n) is 4.83. The highest BCUT2D eigenvalue weighted by atomic mass is 16.5. The number of nitrogens with zero attached hydrogens (tertiary/aromatic N) is 3. The fourth-order valence-corrected chi connectivity index (χ4v) is 4.83. The second kappa shape index (κ2) is 18.6. The number of aromatic nitrogens is 3. The number of nitrogens with one attached hydrogen (secondary N) is 4. The van der Waals surface area contributed by atoms with Gasteiger partial charge in [-0.1, -0.05) is 62.4 Å². The molecular formula is C32H45N7O4. The van der Waals surface area contributed by atoms with Gasteiger partial charge >= 0.3 is 0 Å². The molecule has 1 aliphatic carbocycles. The van der Waals surface area contributed by atoms with E-state index in [0.717, 1.165) is 24.2 Å². The Hall–Kier alpha value is -3.96. The van der Waals surface area contributed by atoms with E-state index in [0.29, 0.717) is 75.5 Å². The minimum atomic E-state index is -0.105. The number of amides is 1. The zero-order valence-electron chi connectivity index (χ0n) is 25.1. The molecule has 0 aliphatic heterocycles. The van der Waals surface area contributed by atoms with Crippen molar-refractivity contribution in [3.05, 3.63) is 65.7 Å². The van der Waals surface area contributed by atoms with Gasteiger partial charge in [0.15, 0.2) is 0 Å². The van der Waals surface area contributed by atoms with Crippen molar-refractivity contribution in [3.63, 3.8) is 0 Å². The van der Waals surface area contributed by atoms with E-state index in [2.05, 4.69) is 36.2 Å². The standard InChI is InChI=1S/C32H45N7O4/c1-41-28-16-10-11-25(23-28)24-35-31-37-30(38-32(39-31)36-27-14-8-3-2-4-9-15-27)34-18-20-43-22-21-42-19-17-33-29(40)26-12-6-5-7-13-26/h5-7,10-13,16,23,27H,2-4,8-9,14-15,17-22,24H2,1H3,(H,33,40)(H3,34,35,36,37,38,39). The Kier molecular flexibility index (Phi) is 13.8. The summed E-state index contributed by atoms with van der Waals surface area (Å²) in [5.74, 6) is 2.27. The van der Waals surface area contributed by atoms with Crippen LogP contribution in [0.5, 0.6) is 5.75 Å². The van der Waals surface area contributed by atoms with Crippen molar-refractivity contribution in [3.8, 4) is 5.75 Å². The molecule has 232 valence electrons. The number of hydrogen-bond donors (Lipinski definition) is 4. The Bertz CT molecular complexity index is 1220. The van der Waals surface area contributed by atoms with E-state index in [1.54, 1.807) is 19.2 Å². The first-order chi connectivity index (χ1) is 21.2. The van der Waals surface area contributed by atoms with E-state index < -0.39 is 0 Å². The highest BCUT2D eigenvalue weighted by molar-refractivity contribution is 5.94. The molecule has 0 bridgehead atoms. The lowest BCUT2D eigenvalue weighted by Crippen LogP contribution is -2.27. The molecule has 1 aromatic heterocycles. The first kappa shape index (κ1) is 32.0. The van der Waals surface area contributed by atoms with Crippen LogP contribution < -0.4 is 26.0 Å². The van der Waals surface area contributed by atoms with Gasteiger partial charge in [0.1, 0.15) is 5.75 Å². The van der Waals surface area contributed by atoms with Crippen LogP contribution in [0.4, 0.5) is 17.8 Å². The summed E-state index contributed by atoms with van der Waals surface area (Å²) in [4.78, 5) is 25.9. The molecule has 1 heterocycles. The summed E-state index contributed by atoms with van der Waals surface area (Å²) in [6, 6.07) is 17.4. The van der Waals surface area contributed by atoms with Crippen LogP contribution in [-0.4, -0.2) is 73.5 Å². The van der Waals surface area contributed by atoms with Gasteiger partial charge in [-0.2, -0.15) is 15.0 Å². The SMILES string of the molecule is COc1cccc(CNc2nc(NCCOCCOCCNC(=O)c3ccccc3)nc(NC3CCCCCCC3)n2)c1. The summed E-state index contributed by atoms with van der Waals surface area (Å²) < 4.78 is 16.6. The number of carbonyl (C=O) groups is 1. The summed E-state index contributed by atoms with van der Waals surface area (Å²) in [5, 5.41) is 13.0. The lowest BCUT2D eigenvalue weighted by atomic mass is 9.97. The van der Waals surface area contributed by atoms with Crippen LogP contribution in [0.1, 0.15) is 60.9 Å². The van der Waals surface area contributed by atoms with E-state index in [4.69, 9.17) is 14.2 Å². The molecule has 2 aromatic carbocycles. The second-order valence-corrected chi connectivity index (χ2v) is 10.5. The summed E-state index contributed by atoms with van der Waals surface area (Å²) in [7, 11) is 1.66. The summed E-state index contributed by atoms with van der Waals surface area (Å²) in [5.41, 5.74) is 1.71. The molecule has 11 heteroatoms. The lowest BCUT2D eigenvalue weighted by Gasteiger charge is -2.21. The van der Waals surface area contributed by atoms with Crippen molar-refractivity contribution in [2.75, 3.05) is 62.6 Å². The van der Waals surface area contributed by atoms with Gasteiger partial charge in [0.05, 0.1) is 33.5 Å². The lowest BCUT2D eigenvalue weighted by molar-refractivity contribution is 0.0519. The van der Waals surface area contributed by atoms with Gasteiger partial charge in [0.2, 0.25) is 17.8 Å². The highest BCUT2D eigenvalue weighted by Crippen LogP contribution is 2.21. The summed E-state index contributed by atoms with van der Waals surface area (Å²) in [6.45, 7) is 3.33. The molecule has 0 atom stereocenters. The number of rotatable bonds is 17. The molecule has 0 saturated heterocycles. The number of methoxy groups -OCH3 is 1. The molecule has 4 rings (SSSR count). The number of anilines is 3. The quantitative estimate of drug-likeness (QED) is 0.161. The minimum absolute atomic E-state index is 0.105. The molecule has 1 amide bonds. The van der Waals surface area contributed by atoms with Gasteiger partial charge in [-0.25, -0.2) is 0 Å². The van der Waals surface area contributed by atoms with Crippen LogP contribution >= 0.6 is 0 Å². The van der Waals surface area contributed by atoms with Crippen LogP contribution in [-0.2, 0) is 16.0 Å². The zero-order valence-corrected chi connectivity index (χ0v) is 25.1. The first-order valence-electron chi connectivity index (χ1n) is 15.3. The third-order valence-electron chi connectivity index (χ3n) is 7.13. The van der Waals surface area contributed by atoms with Gasteiger partial charge in [-0.3, -0.25) is 4.79 Å². The van der Waals surface area contributed by atoms with Crippen molar-refractivity contribution >= 4 is 23.8 Å². The molecular weight excluding hydrogens is 546 g/mol. The Morgan fingerprint density at radius 1 is 0.767 bits per heavy atom. The van der Waals surface area contributed by atoms with Crippen LogP contribution in [0.25, 0.3) is 0 Å². The largest absolute Gasteiger partial charge is 0.497 e. The number of ether oxygens (including phenoxy) is 3. The molecule has 0 radical (unpaired) electrons. The average molecular weight is 592 g/mol. The van der Waals surface area contributed by atoms with Crippen molar-refractivity contribution in [1.82, 2.24) is 20.3 Å². The van der Waals surface area contributed by atoms with E-state index in [-0.39, 0.29) is 5.91 Å². The van der Waals surface area contributed by atoms with Gasteiger partial charge in [0, 0.05) is 31.2 Å². The van der Waals surface area contributed by atoms with Crippen LogP contribution in [0, 0.1) is 0 Å². The zero-order chi connectivity index (χ0) is 30.0. The maximum atomic E-state index is 12.0. The van der Waals surface area contributed by atoms with Gasteiger partial charge < -0.3 is 35.5 Å². The van der Waals surface area contributed by atoms with Gasteiger partial charge in [0.25, 0.3) is 5.91 Å². The Balaban J connectivity index is 1.20. The van der Waals surface area contributed by atoms with Crippen molar-refractivity contribution in [1.29, 1.82) is 0 Å². The van der Waals surface area contributed by atoms with E-state index in [1.807, 2.05) is 42.5 Å². The molecule has 1 fully saturated rings. The molecule has 43 heavy (non-hydrogen) atoms. The van der Waals surface area contributed by atoms with Crippen molar-refractivity contribution in [2.45, 2.75) is 57.5 Å². The van der Waals surface area contributed by atoms with Gasteiger partial charge in [-0.15, -0.1) is 0 Å². The molecule has 11 nitrogen and oxygen atoms in total. The Morgan fingerprint density at radius 3 is 2.19 bits per heavy atom. The third kappa shape index (κ3) is 12.0. The maximum absolute atomic E-state index is 12.0. The monoisotopic (exact) mass is 591 g/mol. The molecule has 3 aromatic rings. The molecule has 1 saturated carbocycles. The van der Waals surface area contributed by atoms with Crippen LogP contribution in [0.2, 0.25) is 0 Å². The predicted octanol–water partition coefficient (Wildman–Crippen LogP) is 4.89. The number of hydrogen-bond acceptors (Lipinski definition) is 10. The Labute approximate surface area is 254 Å². The maximum Gasteiger partial charge on any atom is 0.251 e. The molecule has 1 aliphatic rings. The fraction of sp³-hybridized carbons (Fsp3) is 0.500. The first-order valence-corrected chi connectivity index (χ1v) is 15.3. The topological polar surface area (TPSA) is 132 Å². The summed E-state index contributed by atoms with van der Waals surface area (Å²) in [6.07, 6.45) is 8.58. The van der Waals surface area contributed by atoms with E-state index in [9.17, 15) is 4.79 Å². The van der Waals surface area contributed by atoms with Gasteiger partial charge in [-0.05, 0) is 42.7 Å². The number of carbonyl (C=O) groups excluding carboxylic acids is 1. The van der Waals surface area contributed by atoms with Crippen molar-refractivity contribution < 1.29 is 19.0 Å². The van der Waals surface area contributed by atoms with Crippen molar-refractivity contribution in [2.24, 2.45) is 0 Å². The van der Waals surface area contributed by atoms with E-state index in [1.165, 1.54) is 32.1 Å². The minimum Gasteiger partial charge on any atom is -0.497 e. The average Bonchev–Trinajstić information content (AvgIpc) is 3.02. The molecule has 0 spiro atoms. The second-order valence-electron chi connectivity index (χ2n) is 10.5. The third-order valence-corrected chi connectivity index (χ3v) is 7.13. The smallest absolute Gasteiger partial charge is 0.251 e. The predicted molar refractivity (Wildman–Crippen MR) is 169 cm³/mol. The highest BCUT2D eigenvalue weighted by Gasteiger charge is 2.14. The van der Waals surface area contributed by atoms with Crippen LogP contribution in [0.3, 0.4) is 0 Å². The molecule has 0 unspecified atom stereocenters. The molecule has 4 N–H and O–H groups in total. The number of benzene rings is 2. The van der Waals surface area contributed by atoms with Crippen LogP contribution in [0.15, 0.2) is 54.6 Å². The normalized spacial score (nSPS) is 13.9. The summed E-state index contributed by atoms with van der Waals surface area (Å²) >= 11 is 0.